The van der Waals surface area contributed by atoms with E-state index in [-0.39, 0.29) is 24.2 Å². The van der Waals surface area contributed by atoms with Gasteiger partial charge in [0.1, 0.15) is 6.54 Å². The summed E-state index contributed by atoms with van der Waals surface area (Å²) in [5.74, 6) is -0.0742. The summed E-state index contributed by atoms with van der Waals surface area (Å²) in [6.07, 6.45) is 6.77. The first-order valence-corrected chi connectivity index (χ1v) is 14.5. The zero-order chi connectivity index (χ0) is 25.4. The molecule has 0 radical (unpaired) electrons. The predicted octanol–water partition coefficient (Wildman–Crippen LogP) is 2.16. The Hall–Kier alpha value is -3.79. The van der Waals surface area contributed by atoms with Crippen molar-refractivity contribution in [1.82, 2.24) is 24.4 Å². The first-order chi connectivity index (χ1) is 17.2. The fourth-order valence-corrected chi connectivity index (χ4v) is 5.44. The van der Waals surface area contributed by atoms with Gasteiger partial charge < -0.3 is 14.8 Å². The third-order valence-corrected chi connectivity index (χ3v) is 7.79. The lowest BCUT2D eigenvalue weighted by molar-refractivity contribution is -0.134. The number of thiol groups is 1. The number of rotatable bonds is 5. The molecule has 1 amide bonds. The summed E-state index contributed by atoms with van der Waals surface area (Å²) < 4.78 is 13.8. The van der Waals surface area contributed by atoms with Crippen LogP contribution < -0.4 is 10.6 Å². The number of aromatic nitrogens is 4. The highest BCUT2D eigenvalue weighted by Crippen LogP contribution is 2.32. The molecule has 3 heterocycles. The quantitative estimate of drug-likeness (QED) is 0.318. The second-order valence-electron chi connectivity index (χ2n) is 9.56. The molecule has 0 spiro atoms. The summed E-state index contributed by atoms with van der Waals surface area (Å²) in [6, 6.07) is 15.4. The number of carbonyl (C=O) groups is 1. The molecule has 1 fully saturated rings. The monoisotopic (exact) mass is 506 g/mol. The summed E-state index contributed by atoms with van der Waals surface area (Å²) in [5.41, 5.74) is 4.06. The number of aromatic amines is 1. The lowest BCUT2D eigenvalue weighted by atomic mass is 10.0. The minimum atomic E-state index is -2.52. The van der Waals surface area contributed by atoms with Crippen LogP contribution in [0.1, 0.15) is 6.92 Å². The molecule has 1 aliphatic heterocycles. The molecule has 1 unspecified atom stereocenters. The number of benzene rings is 2. The van der Waals surface area contributed by atoms with Gasteiger partial charge >= 0.3 is 5.69 Å². The van der Waals surface area contributed by atoms with Crippen molar-refractivity contribution in [2.75, 3.05) is 37.0 Å². The Morgan fingerprint density at radius 3 is 2.47 bits per heavy atom. The third-order valence-electron chi connectivity index (χ3n) is 6.60. The van der Waals surface area contributed by atoms with Crippen molar-refractivity contribution in [3.05, 3.63) is 71.4 Å². The number of hydrogen-bond donors (Lipinski definition) is 2. The minimum absolute atomic E-state index is 0.00613. The van der Waals surface area contributed by atoms with E-state index in [4.69, 9.17) is 0 Å². The number of H-pyrrole nitrogens is 1. The molecule has 0 saturated carbocycles. The summed E-state index contributed by atoms with van der Waals surface area (Å²) in [7, 11) is -2.52. The average molecular weight is 507 g/mol. The van der Waals surface area contributed by atoms with Crippen molar-refractivity contribution >= 4 is 32.6 Å². The van der Waals surface area contributed by atoms with E-state index >= 15 is 0 Å². The first-order valence-electron chi connectivity index (χ1n) is 11.9. The number of hydrogen-bond acceptors (Lipinski definition) is 6. The third kappa shape index (κ3) is 4.56. The Bertz CT molecular complexity index is 1520. The molecule has 10 heteroatoms. The van der Waals surface area contributed by atoms with E-state index in [1.165, 1.54) is 4.57 Å². The minimum Gasteiger partial charge on any atom is -0.367 e. The molecule has 1 aliphatic rings. The van der Waals surface area contributed by atoms with Gasteiger partial charge in [0.2, 0.25) is 5.91 Å². The van der Waals surface area contributed by atoms with E-state index < -0.39 is 9.93 Å². The molecule has 36 heavy (non-hydrogen) atoms. The van der Waals surface area contributed by atoms with Crippen molar-refractivity contribution < 1.29 is 9.00 Å². The highest BCUT2D eigenvalue weighted by atomic mass is 32.2. The summed E-state index contributed by atoms with van der Waals surface area (Å²) in [4.78, 5) is 41.3. The van der Waals surface area contributed by atoms with E-state index in [1.807, 2.05) is 54.3 Å². The number of anilines is 1. The number of carbonyl (C=O) groups excluding carboxylic acids is 1. The van der Waals surface area contributed by atoms with Crippen molar-refractivity contribution in [2.24, 2.45) is 0 Å². The molecule has 1 N–H and O–H groups in total. The number of piperazine rings is 1. The van der Waals surface area contributed by atoms with Crippen molar-refractivity contribution in [3.63, 3.8) is 0 Å². The fourth-order valence-electron chi connectivity index (χ4n) is 4.77. The van der Waals surface area contributed by atoms with E-state index in [9.17, 15) is 13.8 Å². The number of imidazole rings is 1. The van der Waals surface area contributed by atoms with Gasteiger partial charge in [-0.3, -0.25) is 13.6 Å². The maximum atomic E-state index is 13.2. The van der Waals surface area contributed by atoms with Gasteiger partial charge in [0.15, 0.2) is 5.16 Å². The van der Waals surface area contributed by atoms with Crippen LogP contribution in [0.2, 0.25) is 0 Å². The first kappa shape index (κ1) is 23.9. The number of fused-ring (bicyclic) bond motifs is 1. The maximum Gasteiger partial charge on any atom is 0.326 e. The predicted molar refractivity (Wildman–Crippen MR) is 143 cm³/mol. The molecule has 5 rings (SSSR count). The Kier molecular flexibility index (Phi) is 6.21. The molecule has 2 aromatic heterocycles. The largest absolute Gasteiger partial charge is 0.367 e. The standard InChI is InChI=1S/C26H30N6O3S/c1-18-16-30(22-10-6-4-8-20(22)19-14-27-25(28-15-19)36(2,3)35)12-13-31(18)24(33)17-32-23-11-7-5-9-21(23)29-26(32)34/h4-11,14-15,18,36H,12-13,16-17H2,1-3H3,(H,29,34). The van der Waals surface area contributed by atoms with E-state index in [2.05, 4.69) is 25.9 Å². The lowest BCUT2D eigenvalue weighted by Crippen LogP contribution is -2.55. The van der Waals surface area contributed by atoms with Gasteiger partial charge in [0, 0.05) is 54.9 Å². The number of amides is 1. The van der Waals surface area contributed by atoms with Crippen LogP contribution in [-0.4, -0.2) is 72.7 Å². The topological polar surface area (TPSA) is 104 Å². The summed E-state index contributed by atoms with van der Waals surface area (Å²) >= 11 is 0. The lowest BCUT2D eigenvalue weighted by Gasteiger charge is -2.41. The van der Waals surface area contributed by atoms with Gasteiger partial charge in [-0.15, -0.1) is 0 Å². The smallest absolute Gasteiger partial charge is 0.326 e. The Morgan fingerprint density at radius 2 is 1.75 bits per heavy atom. The van der Waals surface area contributed by atoms with Crippen LogP contribution in [0.5, 0.6) is 0 Å². The average Bonchev–Trinajstić information content (AvgIpc) is 3.18. The van der Waals surface area contributed by atoms with Crippen LogP contribution in [0.3, 0.4) is 0 Å². The van der Waals surface area contributed by atoms with Gasteiger partial charge in [-0.25, -0.2) is 14.8 Å². The molecule has 2 aromatic carbocycles. The molecule has 1 saturated heterocycles. The fraction of sp³-hybridized carbons (Fsp3) is 0.308. The highest BCUT2D eigenvalue weighted by Gasteiger charge is 2.29. The summed E-state index contributed by atoms with van der Waals surface area (Å²) in [6.45, 7) is 3.90. The molecular formula is C26H30N6O3S. The van der Waals surface area contributed by atoms with Crippen LogP contribution in [0, 0.1) is 0 Å². The van der Waals surface area contributed by atoms with Crippen molar-refractivity contribution in [1.29, 1.82) is 0 Å². The molecule has 0 bridgehead atoms. The SMILES string of the molecule is CC1CN(c2ccccc2-c2cnc([SH](C)(C)=O)nc2)CCN1C(=O)Cn1c(=O)[nH]c2ccccc21. The molecule has 1 atom stereocenters. The van der Waals surface area contributed by atoms with Crippen LogP contribution in [0.15, 0.2) is 70.9 Å². The summed E-state index contributed by atoms with van der Waals surface area (Å²) in [5, 5.41) is 0.374. The molecule has 0 aliphatic carbocycles. The van der Waals surface area contributed by atoms with Gasteiger partial charge in [-0.2, -0.15) is 0 Å². The van der Waals surface area contributed by atoms with Crippen molar-refractivity contribution in [2.45, 2.75) is 24.7 Å². The normalized spacial score (nSPS) is 16.9. The van der Waals surface area contributed by atoms with Gasteiger partial charge in [-0.05, 0) is 37.6 Å². The zero-order valence-corrected chi connectivity index (χ0v) is 21.5. The second kappa shape index (κ2) is 9.34. The van der Waals surface area contributed by atoms with E-state index in [0.29, 0.717) is 24.8 Å². The van der Waals surface area contributed by atoms with Gasteiger partial charge in [-0.1, -0.05) is 40.3 Å². The molecular weight excluding hydrogens is 476 g/mol. The van der Waals surface area contributed by atoms with Crippen LogP contribution in [0.4, 0.5) is 5.69 Å². The van der Waals surface area contributed by atoms with Crippen LogP contribution >= 0.6 is 0 Å². The second-order valence-corrected chi connectivity index (χ2v) is 12.7. The Morgan fingerprint density at radius 1 is 1.06 bits per heavy atom. The molecule has 188 valence electrons. The van der Waals surface area contributed by atoms with E-state index in [0.717, 1.165) is 27.8 Å². The Labute approximate surface area is 210 Å². The number of nitrogens with zero attached hydrogens (tertiary/aromatic N) is 5. The van der Waals surface area contributed by atoms with E-state index in [1.54, 1.807) is 24.9 Å². The Balaban J connectivity index is 1.33. The highest BCUT2D eigenvalue weighted by molar-refractivity contribution is 8.01. The van der Waals surface area contributed by atoms with Gasteiger partial charge in [0.25, 0.3) is 0 Å². The van der Waals surface area contributed by atoms with Gasteiger partial charge in [0.05, 0.1) is 11.0 Å². The molecule has 4 aromatic rings. The number of para-hydroxylation sites is 3. The zero-order valence-electron chi connectivity index (χ0n) is 20.6. The van der Waals surface area contributed by atoms with Crippen LogP contribution in [0.25, 0.3) is 22.2 Å². The molecule has 9 nitrogen and oxygen atoms in total. The number of nitrogens with one attached hydrogen (secondary N) is 1. The van der Waals surface area contributed by atoms with Crippen molar-refractivity contribution in [3.8, 4) is 11.1 Å². The maximum absolute atomic E-state index is 13.2. The van der Waals surface area contributed by atoms with Crippen LogP contribution in [-0.2, 0) is 21.3 Å².